The number of halogens is 1. The summed E-state index contributed by atoms with van der Waals surface area (Å²) in [5.41, 5.74) is 1.37. The Balaban J connectivity index is 1.48. The summed E-state index contributed by atoms with van der Waals surface area (Å²) in [4.78, 5) is 26.6. The molecule has 6 heteroatoms. The van der Waals surface area contributed by atoms with E-state index in [1.54, 1.807) is 17.0 Å². The molecule has 1 aliphatic rings. The minimum atomic E-state index is -0.331. The largest absolute Gasteiger partial charge is 0.326 e. The lowest BCUT2D eigenvalue weighted by Gasteiger charge is -2.34. The second-order valence-electron chi connectivity index (χ2n) is 6.91. The topological polar surface area (TPSA) is 61.4 Å². The number of carbonyl (C=O) groups is 2. The number of nitrogens with one attached hydrogen (secondary N) is 2. The van der Waals surface area contributed by atoms with Crippen LogP contribution in [0.4, 0.5) is 20.6 Å². The van der Waals surface area contributed by atoms with Gasteiger partial charge in [-0.15, -0.1) is 0 Å². The zero-order valence-corrected chi connectivity index (χ0v) is 15.3. The van der Waals surface area contributed by atoms with Gasteiger partial charge < -0.3 is 15.5 Å². The van der Waals surface area contributed by atoms with Crippen LogP contribution in [0.5, 0.6) is 0 Å². The number of para-hydroxylation sites is 1. The van der Waals surface area contributed by atoms with Crippen molar-refractivity contribution in [1.82, 2.24) is 4.90 Å². The first-order valence-electron chi connectivity index (χ1n) is 9.20. The van der Waals surface area contributed by atoms with Gasteiger partial charge in [-0.1, -0.05) is 25.1 Å². The highest BCUT2D eigenvalue weighted by molar-refractivity contribution is 5.92. The number of hydrogen-bond acceptors (Lipinski definition) is 2. The molecule has 0 spiro atoms. The van der Waals surface area contributed by atoms with Crippen molar-refractivity contribution >= 4 is 23.3 Å². The highest BCUT2D eigenvalue weighted by Crippen LogP contribution is 2.26. The molecule has 5 nitrogen and oxygen atoms in total. The summed E-state index contributed by atoms with van der Waals surface area (Å²) in [5, 5.41) is 5.73. The molecule has 0 bridgehead atoms. The number of anilines is 2. The van der Waals surface area contributed by atoms with Gasteiger partial charge in [-0.05, 0) is 55.2 Å². The van der Waals surface area contributed by atoms with Gasteiger partial charge in [-0.25, -0.2) is 9.18 Å². The van der Waals surface area contributed by atoms with E-state index >= 15 is 0 Å². The summed E-state index contributed by atoms with van der Waals surface area (Å²) >= 11 is 0. The summed E-state index contributed by atoms with van der Waals surface area (Å²) in [7, 11) is 0. The van der Waals surface area contributed by atoms with Crippen LogP contribution >= 0.6 is 0 Å². The summed E-state index contributed by atoms with van der Waals surface area (Å²) in [6.45, 7) is 3.15. The number of nitrogens with zero attached hydrogens (tertiary/aromatic N) is 1. The van der Waals surface area contributed by atoms with Gasteiger partial charge in [0.05, 0.1) is 0 Å². The summed E-state index contributed by atoms with van der Waals surface area (Å²) in [5.74, 6) is -0.364. The van der Waals surface area contributed by atoms with Gasteiger partial charge in [0, 0.05) is 30.4 Å². The van der Waals surface area contributed by atoms with Crippen molar-refractivity contribution in [1.29, 1.82) is 0 Å². The minimum absolute atomic E-state index is 0.0752. The molecule has 0 radical (unpaired) electrons. The zero-order chi connectivity index (χ0) is 19.2. The Morgan fingerprint density at radius 1 is 0.963 bits per heavy atom. The third kappa shape index (κ3) is 5.06. The lowest BCUT2D eigenvalue weighted by atomic mass is 9.85. The average molecular weight is 369 g/mol. The molecule has 2 N–H and O–H groups in total. The number of benzene rings is 2. The van der Waals surface area contributed by atoms with E-state index in [1.165, 1.54) is 12.1 Å². The van der Waals surface area contributed by atoms with Crippen LogP contribution in [-0.4, -0.2) is 29.9 Å². The van der Waals surface area contributed by atoms with Crippen LogP contribution < -0.4 is 10.6 Å². The number of rotatable bonds is 4. The molecule has 0 aliphatic carbocycles. The lowest BCUT2D eigenvalue weighted by molar-refractivity contribution is -0.121. The predicted molar refractivity (Wildman–Crippen MR) is 104 cm³/mol. The van der Waals surface area contributed by atoms with Gasteiger partial charge in [0.1, 0.15) is 5.82 Å². The first kappa shape index (κ1) is 18.9. The number of piperidine rings is 1. The second kappa shape index (κ2) is 8.66. The predicted octanol–water partition coefficient (Wildman–Crippen LogP) is 4.34. The van der Waals surface area contributed by atoms with Gasteiger partial charge in [0.25, 0.3) is 0 Å². The van der Waals surface area contributed by atoms with Crippen molar-refractivity contribution < 1.29 is 14.0 Å². The molecule has 142 valence electrons. The molecule has 1 heterocycles. The van der Waals surface area contributed by atoms with Crippen molar-refractivity contribution in [3.63, 3.8) is 0 Å². The average Bonchev–Trinajstić information content (AvgIpc) is 2.70. The van der Waals surface area contributed by atoms with Crippen LogP contribution in [0.2, 0.25) is 0 Å². The molecule has 1 aliphatic heterocycles. The van der Waals surface area contributed by atoms with Crippen LogP contribution in [0.15, 0.2) is 54.6 Å². The molecule has 27 heavy (non-hydrogen) atoms. The van der Waals surface area contributed by atoms with Crippen molar-refractivity contribution in [3.8, 4) is 0 Å². The van der Waals surface area contributed by atoms with E-state index in [9.17, 15) is 14.0 Å². The smallest absolute Gasteiger partial charge is 0.321 e. The molecule has 0 saturated carbocycles. The Morgan fingerprint density at radius 3 is 2.19 bits per heavy atom. The van der Waals surface area contributed by atoms with Crippen LogP contribution in [-0.2, 0) is 4.79 Å². The molecule has 2 aromatic carbocycles. The number of urea groups is 1. The van der Waals surface area contributed by atoms with Crippen LogP contribution in [0.1, 0.15) is 19.8 Å². The zero-order valence-electron chi connectivity index (χ0n) is 15.3. The molecule has 2 aromatic rings. The molecule has 0 unspecified atom stereocenters. The highest BCUT2D eigenvalue weighted by Gasteiger charge is 2.29. The lowest BCUT2D eigenvalue weighted by Crippen LogP contribution is -2.43. The van der Waals surface area contributed by atoms with Crippen LogP contribution in [0.3, 0.4) is 0 Å². The monoisotopic (exact) mass is 369 g/mol. The molecule has 1 saturated heterocycles. The van der Waals surface area contributed by atoms with E-state index in [-0.39, 0.29) is 29.6 Å². The Morgan fingerprint density at radius 2 is 1.56 bits per heavy atom. The van der Waals surface area contributed by atoms with Crippen LogP contribution in [0.25, 0.3) is 0 Å². The van der Waals surface area contributed by atoms with Gasteiger partial charge in [0.2, 0.25) is 5.91 Å². The highest BCUT2D eigenvalue weighted by atomic mass is 19.1. The number of amides is 3. The maximum absolute atomic E-state index is 13.0. The summed E-state index contributed by atoms with van der Waals surface area (Å²) in [6, 6.07) is 15.0. The van der Waals surface area contributed by atoms with Gasteiger partial charge >= 0.3 is 6.03 Å². The summed E-state index contributed by atoms with van der Waals surface area (Å²) in [6.07, 6.45) is 1.56. The van der Waals surface area contributed by atoms with Crippen molar-refractivity contribution in [2.75, 3.05) is 23.7 Å². The standard InChI is InChI=1S/C21H24FN3O2/c1-15(20(26)23-19-9-7-17(22)8-10-19)16-11-13-25(14-12-16)21(27)24-18-5-3-2-4-6-18/h2-10,15-16H,11-14H2,1H3,(H,23,26)(H,24,27)/t15-/m1/s1. The fraction of sp³-hybridized carbons (Fsp3) is 0.333. The minimum Gasteiger partial charge on any atom is -0.326 e. The fourth-order valence-electron chi connectivity index (χ4n) is 3.33. The Hall–Kier alpha value is -2.89. The molecule has 1 fully saturated rings. The molecular formula is C21H24FN3O2. The van der Waals surface area contributed by atoms with Crippen LogP contribution in [0, 0.1) is 17.7 Å². The molecule has 3 amide bonds. The van der Waals surface area contributed by atoms with E-state index < -0.39 is 0 Å². The summed E-state index contributed by atoms with van der Waals surface area (Å²) < 4.78 is 13.0. The first-order chi connectivity index (χ1) is 13.0. The number of carbonyl (C=O) groups excluding carboxylic acids is 2. The van der Waals surface area contributed by atoms with E-state index in [2.05, 4.69) is 10.6 Å². The molecule has 0 aromatic heterocycles. The molecular weight excluding hydrogens is 345 g/mol. The van der Waals surface area contributed by atoms with Gasteiger partial charge in [-0.2, -0.15) is 0 Å². The first-order valence-corrected chi connectivity index (χ1v) is 9.20. The van der Waals surface area contributed by atoms with E-state index in [0.29, 0.717) is 18.8 Å². The Bertz CT molecular complexity index is 772. The SMILES string of the molecule is C[C@@H](C(=O)Nc1ccc(F)cc1)C1CCN(C(=O)Nc2ccccc2)CC1. The van der Waals surface area contributed by atoms with E-state index in [4.69, 9.17) is 0 Å². The Kier molecular flexibility index (Phi) is 6.06. The Labute approximate surface area is 158 Å². The quantitative estimate of drug-likeness (QED) is 0.842. The van der Waals surface area contributed by atoms with Crippen molar-refractivity contribution in [3.05, 3.63) is 60.4 Å². The maximum Gasteiger partial charge on any atom is 0.321 e. The number of likely N-dealkylation sites (tertiary alicyclic amines) is 1. The maximum atomic E-state index is 13.0. The van der Waals surface area contributed by atoms with Gasteiger partial charge in [-0.3, -0.25) is 4.79 Å². The normalized spacial score (nSPS) is 15.9. The molecule has 3 rings (SSSR count). The third-order valence-electron chi connectivity index (χ3n) is 5.08. The second-order valence-corrected chi connectivity index (χ2v) is 6.91. The van der Waals surface area contributed by atoms with E-state index in [1.807, 2.05) is 37.3 Å². The van der Waals surface area contributed by atoms with Crippen molar-refractivity contribution in [2.24, 2.45) is 11.8 Å². The number of hydrogen-bond donors (Lipinski definition) is 2. The van der Waals surface area contributed by atoms with E-state index in [0.717, 1.165) is 18.5 Å². The third-order valence-corrected chi connectivity index (χ3v) is 5.08. The molecule has 1 atom stereocenters. The van der Waals surface area contributed by atoms with Crippen molar-refractivity contribution in [2.45, 2.75) is 19.8 Å². The van der Waals surface area contributed by atoms with Gasteiger partial charge in [0.15, 0.2) is 0 Å². The fourth-order valence-corrected chi connectivity index (χ4v) is 3.33.